The minimum absolute atomic E-state index is 0.00802. The molecule has 0 aliphatic carbocycles. The van der Waals surface area contributed by atoms with Crippen LogP contribution >= 0.6 is 11.8 Å². The minimum atomic E-state index is -0.0106. The van der Waals surface area contributed by atoms with Crippen molar-refractivity contribution in [1.82, 2.24) is 20.1 Å². The van der Waals surface area contributed by atoms with Crippen molar-refractivity contribution in [2.24, 2.45) is 13.0 Å². The average molecular weight is 425 g/mol. The number of nitrogens with zero attached hydrogens (tertiary/aromatic N) is 3. The Bertz CT molecular complexity index is 955. The van der Waals surface area contributed by atoms with Crippen LogP contribution in [-0.2, 0) is 11.8 Å². The van der Waals surface area contributed by atoms with Crippen LogP contribution < -0.4 is 10.1 Å². The third-order valence-corrected chi connectivity index (χ3v) is 5.78. The molecule has 1 atom stereocenters. The summed E-state index contributed by atoms with van der Waals surface area (Å²) in [6, 6.07) is 17.8. The lowest BCUT2D eigenvalue weighted by atomic mass is 9.97. The number of ether oxygens (including phenoxy) is 1. The van der Waals surface area contributed by atoms with Gasteiger partial charge in [0.15, 0.2) is 11.0 Å². The van der Waals surface area contributed by atoms with Gasteiger partial charge in [0.2, 0.25) is 5.91 Å². The molecule has 0 saturated carbocycles. The molecule has 2 aromatic carbocycles. The molecule has 158 valence electrons. The number of rotatable bonds is 9. The SMILES string of the molecule is COc1ccc(-c2nnc(SCC(=O)NC(CC(C)C)c3ccccc3)n2C)cc1. The molecular weight excluding hydrogens is 396 g/mol. The van der Waals surface area contributed by atoms with Crippen molar-refractivity contribution in [1.29, 1.82) is 0 Å². The number of nitrogens with one attached hydrogen (secondary N) is 1. The van der Waals surface area contributed by atoms with E-state index < -0.39 is 0 Å². The maximum absolute atomic E-state index is 12.6. The Morgan fingerprint density at radius 3 is 2.43 bits per heavy atom. The van der Waals surface area contributed by atoms with Crippen LogP contribution in [0, 0.1) is 5.92 Å². The summed E-state index contributed by atoms with van der Waals surface area (Å²) in [7, 11) is 3.55. The highest BCUT2D eigenvalue weighted by atomic mass is 32.2. The van der Waals surface area contributed by atoms with E-state index in [1.165, 1.54) is 11.8 Å². The number of benzene rings is 2. The van der Waals surface area contributed by atoms with Gasteiger partial charge in [-0.2, -0.15) is 0 Å². The molecule has 6 nitrogen and oxygen atoms in total. The van der Waals surface area contributed by atoms with Gasteiger partial charge in [0.25, 0.3) is 0 Å². The number of methoxy groups -OCH3 is 1. The summed E-state index contributed by atoms with van der Waals surface area (Å²) in [6.45, 7) is 4.33. The van der Waals surface area contributed by atoms with Gasteiger partial charge in [-0.3, -0.25) is 4.79 Å². The normalized spacial score (nSPS) is 12.0. The van der Waals surface area contributed by atoms with E-state index in [-0.39, 0.29) is 17.7 Å². The zero-order chi connectivity index (χ0) is 21.5. The summed E-state index contributed by atoms with van der Waals surface area (Å²) in [6.07, 6.45) is 0.895. The molecule has 0 spiro atoms. The first-order valence-corrected chi connectivity index (χ1v) is 11.0. The molecule has 0 aliphatic heterocycles. The number of hydrogen-bond acceptors (Lipinski definition) is 5. The lowest BCUT2D eigenvalue weighted by molar-refractivity contribution is -0.119. The molecule has 7 heteroatoms. The monoisotopic (exact) mass is 424 g/mol. The zero-order valence-electron chi connectivity index (χ0n) is 17.8. The summed E-state index contributed by atoms with van der Waals surface area (Å²) in [5, 5.41) is 12.4. The van der Waals surface area contributed by atoms with Crippen molar-refractivity contribution in [3.05, 3.63) is 60.2 Å². The Morgan fingerprint density at radius 1 is 1.10 bits per heavy atom. The molecule has 3 rings (SSSR count). The lowest BCUT2D eigenvalue weighted by Gasteiger charge is -2.21. The fourth-order valence-corrected chi connectivity index (χ4v) is 3.96. The van der Waals surface area contributed by atoms with E-state index >= 15 is 0 Å². The fraction of sp³-hybridized carbons (Fsp3) is 0.348. The molecular formula is C23H28N4O2S. The maximum atomic E-state index is 12.6. The van der Waals surface area contributed by atoms with Crippen LogP contribution in [0.5, 0.6) is 5.75 Å². The van der Waals surface area contributed by atoms with Gasteiger partial charge in [-0.1, -0.05) is 55.9 Å². The topological polar surface area (TPSA) is 69.0 Å². The van der Waals surface area contributed by atoms with Crippen molar-refractivity contribution < 1.29 is 9.53 Å². The summed E-state index contributed by atoms with van der Waals surface area (Å²) in [5.74, 6) is 2.30. The molecule has 1 unspecified atom stereocenters. The number of hydrogen-bond donors (Lipinski definition) is 1. The van der Waals surface area contributed by atoms with Crippen LogP contribution in [0.4, 0.5) is 0 Å². The Morgan fingerprint density at radius 2 is 1.80 bits per heavy atom. The number of carbonyl (C=O) groups is 1. The number of carbonyl (C=O) groups excluding carboxylic acids is 1. The maximum Gasteiger partial charge on any atom is 0.230 e. The number of amides is 1. The van der Waals surface area contributed by atoms with Gasteiger partial charge < -0.3 is 14.6 Å². The third-order valence-electron chi connectivity index (χ3n) is 4.76. The molecule has 1 amide bonds. The van der Waals surface area contributed by atoms with Crippen molar-refractivity contribution in [2.45, 2.75) is 31.5 Å². The largest absolute Gasteiger partial charge is 0.497 e. The van der Waals surface area contributed by atoms with Gasteiger partial charge in [0, 0.05) is 12.6 Å². The molecule has 0 saturated heterocycles. The second-order valence-electron chi connectivity index (χ2n) is 7.54. The average Bonchev–Trinajstić information content (AvgIpc) is 3.12. The molecule has 1 N–H and O–H groups in total. The predicted octanol–water partition coefficient (Wildman–Crippen LogP) is 4.49. The summed E-state index contributed by atoms with van der Waals surface area (Å²) in [5.41, 5.74) is 2.08. The highest BCUT2D eigenvalue weighted by molar-refractivity contribution is 7.99. The first kappa shape index (κ1) is 21.9. The van der Waals surface area contributed by atoms with Crippen LogP contribution in [0.3, 0.4) is 0 Å². The van der Waals surface area contributed by atoms with E-state index in [1.807, 2.05) is 54.1 Å². The summed E-state index contributed by atoms with van der Waals surface area (Å²) >= 11 is 1.39. The van der Waals surface area contributed by atoms with Gasteiger partial charge in [-0.05, 0) is 42.2 Å². The van der Waals surface area contributed by atoms with Crippen LogP contribution in [0.15, 0.2) is 59.8 Å². The molecule has 3 aromatic rings. The van der Waals surface area contributed by atoms with Gasteiger partial charge in [0.1, 0.15) is 5.75 Å². The number of aromatic nitrogens is 3. The quantitative estimate of drug-likeness (QED) is 0.513. The van der Waals surface area contributed by atoms with Crippen molar-refractivity contribution >= 4 is 17.7 Å². The molecule has 0 bridgehead atoms. The Balaban J connectivity index is 1.63. The Hall–Kier alpha value is -2.80. The lowest BCUT2D eigenvalue weighted by Crippen LogP contribution is -2.31. The van der Waals surface area contributed by atoms with Gasteiger partial charge in [-0.25, -0.2) is 0 Å². The van der Waals surface area contributed by atoms with E-state index in [2.05, 4.69) is 41.5 Å². The van der Waals surface area contributed by atoms with Crippen molar-refractivity contribution in [3.8, 4) is 17.1 Å². The predicted molar refractivity (Wildman–Crippen MR) is 120 cm³/mol. The first-order chi connectivity index (χ1) is 14.5. The highest BCUT2D eigenvalue weighted by Gasteiger charge is 2.18. The van der Waals surface area contributed by atoms with E-state index in [9.17, 15) is 4.79 Å². The summed E-state index contributed by atoms with van der Waals surface area (Å²) in [4.78, 5) is 12.6. The van der Waals surface area contributed by atoms with Crippen LogP contribution in [0.1, 0.15) is 31.9 Å². The molecule has 0 fully saturated rings. The zero-order valence-corrected chi connectivity index (χ0v) is 18.6. The molecule has 1 heterocycles. The van der Waals surface area contributed by atoms with E-state index in [4.69, 9.17) is 4.74 Å². The highest BCUT2D eigenvalue weighted by Crippen LogP contribution is 2.25. The number of thioether (sulfide) groups is 1. The molecule has 1 aromatic heterocycles. The van der Waals surface area contributed by atoms with Crippen molar-refractivity contribution in [3.63, 3.8) is 0 Å². The smallest absolute Gasteiger partial charge is 0.230 e. The molecule has 30 heavy (non-hydrogen) atoms. The van der Waals surface area contributed by atoms with E-state index in [1.54, 1.807) is 7.11 Å². The Kier molecular flexibility index (Phi) is 7.52. The fourth-order valence-electron chi connectivity index (χ4n) is 3.23. The summed E-state index contributed by atoms with van der Waals surface area (Å²) < 4.78 is 7.11. The van der Waals surface area contributed by atoms with Crippen molar-refractivity contribution in [2.75, 3.05) is 12.9 Å². The second-order valence-corrected chi connectivity index (χ2v) is 8.49. The van der Waals surface area contributed by atoms with E-state index in [0.717, 1.165) is 29.1 Å². The van der Waals surface area contributed by atoms with Crippen LogP contribution in [-0.4, -0.2) is 33.5 Å². The van der Waals surface area contributed by atoms with E-state index in [0.29, 0.717) is 11.1 Å². The minimum Gasteiger partial charge on any atom is -0.497 e. The van der Waals surface area contributed by atoms with Gasteiger partial charge >= 0.3 is 0 Å². The van der Waals surface area contributed by atoms with Gasteiger partial charge in [-0.15, -0.1) is 10.2 Å². The molecule has 0 radical (unpaired) electrons. The van der Waals surface area contributed by atoms with Crippen LogP contribution in [0.25, 0.3) is 11.4 Å². The third kappa shape index (κ3) is 5.63. The van der Waals surface area contributed by atoms with Gasteiger partial charge in [0.05, 0.1) is 18.9 Å². The standard InChI is InChI=1S/C23H28N4O2S/c1-16(2)14-20(17-8-6-5-7-9-17)24-21(28)15-30-23-26-25-22(27(23)3)18-10-12-19(29-4)13-11-18/h5-13,16,20H,14-15H2,1-4H3,(H,24,28). The first-order valence-electron chi connectivity index (χ1n) is 9.99. The Labute approximate surface area is 182 Å². The molecule has 0 aliphatic rings. The second kappa shape index (κ2) is 10.3. The van der Waals surface area contributed by atoms with Crippen LogP contribution in [0.2, 0.25) is 0 Å².